The maximum Gasteiger partial charge on any atom is 0.339 e. The summed E-state index contributed by atoms with van der Waals surface area (Å²) in [5.41, 5.74) is 0.0361. The van der Waals surface area contributed by atoms with E-state index in [4.69, 9.17) is 4.74 Å². The number of esters is 1. The van der Waals surface area contributed by atoms with E-state index in [-0.39, 0.29) is 21.6 Å². The first kappa shape index (κ1) is 15.6. The molecule has 0 aromatic heterocycles. The van der Waals surface area contributed by atoms with E-state index in [0.717, 1.165) is 12.8 Å². The van der Waals surface area contributed by atoms with Crippen LogP contribution in [0, 0.1) is 16.0 Å². The molecular formula is C13H16BrNO4. The molecule has 6 heteroatoms. The lowest BCUT2D eigenvalue weighted by Gasteiger charge is -2.11. The molecule has 1 unspecified atom stereocenters. The largest absolute Gasteiger partial charge is 0.462 e. The summed E-state index contributed by atoms with van der Waals surface area (Å²) in [5.74, 6) is -0.259. The van der Waals surface area contributed by atoms with Gasteiger partial charge in [-0.3, -0.25) is 10.1 Å². The molecule has 0 aliphatic carbocycles. The summed E-state index contributed by atoms with van der Waals surface area (Å²) in [5, 5.41) is 10.8. The first-order chi connectivity index (χ1) is 8.97. The van der Waals surface area contributed by atoms with Crippen molar-refractivity contribution in [2.75, 3.05) is 6.61 Å². The second kappa shape index (κ2) is 7.23. The molecule has 0 bridgehead atoms. The van der Waals surface area contributed by atoms with Crippen LogP contribution in [0.5, 0.6) is 0 Å². The first-order valence-electron chi connectivity index (χ1n) is 6.07. The van der Waals surface area contributed by atoms with Crippen molar-refractivity contribution in [3.63, 3.8) is 0 Å². The fourth-order valence-corrected chi connectivity index (χ4v) is 2.26. The van der Waals surface area contributed by atoms with Gasteiger partial charge in [0.05, 0.1) is 17.1 Å². The van der Waals surface area contributed by atoms with Crippen molar-refractivity contribution < 1.29 is 14.5 Å². The van der Waals surface area contributed by atoms with Gasteiger partial charge in [0.25, 0.3) is 5.69 Å². The first-order valence-corrected chi connectivity index (χ1v) is 6.86. The summed E-state index contributed by atoms with van der Waals surface area (Å²) in [6.07, 6.45) is 2.00. The Morgan fingerprint density at radius 3 is 2.79 bits per heavy atom. The van der Waals surface area contributed by atoms with Crippen LogP contribution in [0.2, 0.25) is 0 Å². The Morgan fingerprint density at radius 2 is 2.21 bits per heavy atom. The van der Waals surface area contributed by atoms with Gasteiger partial charge in [-0.25, -0.2) is 4.79 Å². The zero-order valence-electron chi connectivity index (χ0n) is 10.9. The number of ether oxygens (including phenoxy) is 1. The van der Waals surface area contributed by atoms with Crippen molar-refractivity contribution in [1.82, 2.24) is 0 Å². The van der Waals surface area contributed by atoms with Gasteiger partial charge in [-0.05, 0) is 34.3 Å². The van der Waals surface area contributed by atoms with Gasteiger partial charge >= 0.3 is 5.97 Å². The van der Waals surface area contributed by atoms with Crippen LogP contribution in [0.3, 0.4) is 0 Å². The van der Waals surface area contributed by atoms with Crippen LogP contribution in [0.15, 0.2) is 22.7 Å². The molecule has 1 aromatic carbocycles. The number of carbonyl (C=O) groups excluding carboxylic acids is 1. The van der Waals surface area contributed by atoms with Gasteiger partial charge in [-0.15, -0.1) is 0 Å². The number of hydrogen-bond acceptors (Lipinski definition) is 4. The predicted octanol–water partition coefficient (Wildman–Crippen LogP) is 3.95. The third-order valence-corrected chi connectivity index (χ3v) is 3.51. The van der Waals surface area contributed by atoms with Crippen LogP contribution >= 0.6 is 15.9 Å². The lowest BCUT2D eigenvalue weighted by Crippen LogP contribution is -2.13. The molecule has 0 radical (unpaired) electrons. The fourth-order valence-electron chi connectivity index (χ4n) is 1.69. The van der Waals surface area contributed by atoms with Crippen LogP contribution < -0.4 is 0 Å². The third-order valence-electron chi connectivity index (χ3n) is 2.68. The zero-order valence-corrected chi connectivity index (χ0v) is 12.5. The molecule has 0 heterocycles. The molecule has 104 valence electrons. The highest BCUT2D eigenvalue weighted by molar-refractivity contribution is 9.10. The Bertz CT molecular complexity index is 476. The molecule has 0 N–H and O–H groups in total. The van der Waals surface area contributed by atoms with E-state index in [0.29, 0.717) is 6.61 Å². The van der Waals surface area contributed by atoms with Crippen molar-refractivity contribution >= 4 is 27.6 Å². The molecule has 0 saturated heterocycles. The topological polar surface area (TPSA) is 69.4 Å². The highest BCUT2D eigenvalue weighted by atomic mass is 79.9. The molecule has 1 atom stereocenters. The standard InChI is InChI=1S/C13H16BrNO4/c1-3-5-9(2)8-19-13(16)10-6-4-7-11(12(10)14)15(17)18/h4,6-7,9H,3,5,8H2,1-2H3. The van der Waals surface area contributed by atoms with Gasteiger partial charge in [0.1, 0.15) is 4.47 Å². The van der Waals surface area contributed by atoms with Crippen LogP contribution in [0.1, 0.15) is 37.0 Å². The summed E-state index contributed by atoms with van der Waals surface area (Å²) in [6, 6.07) is 4.30. The van der Waals surface area contributed by atoms with Crippen molar-refractivity contribution in [2.45, 2.75) is 26.7 Å². The summed E-state index contributed by atoms with van der Waals surface area (Å²) in [7, 11) is 0. The highest BCUT2D eigenvalue weighted by Crippen LogP contribution is 2.28. The number of nitrogens with zero attached hydrogens (tertiary/aromatic N) is 1. The SMILES string of the molecule is CCCC(C)COC(=O)c1cccc([N+](=O)[O-])c1Br. The Morgan fingerprint density at radius 1 is 1.53 bits per heavy atom. The molecule has 1 rings (SSSR count). The minimum absolute atomic E-state index is 0.143. The van der Waals surface area contributed by atoms with Gasteiger partial charge in [0.15, 0.2) is 0 Å². The molecule has 19 heavy (non-hydrogen) atoms. The van der Waals surface area contributed by atoms with Crippen LogP contribution in [-0.2, 0) is 4.74 Å². The van der Waals surface area contributed by atoms with E-state index in [1.807, 2.05) is 6.92 Å². The second-order valence-corrected chi connectivity index (χ2v) is 5.18. The number of rotatable bonds is 6. The van der Waals surface area contributed by atoms with Crippen LogP contribution in [-0.4, -0.2) is 17.5 Å². The molecule has 0 spiro atoms. The number of carbonyl (C=O) groups is 1. The zero-order chi connectivity index (χ0) is 14.4. The van der Waals surface area contributed by atoms with Gasteiger partial charge in [-0.2, -0.15) is 0 Å². The molecule has 0 aliphatic rings. The normalized spacial score (nSPS) is 11.9. The minimum Gasteiger partial charge on any atom is -0.462 e. The Labute approximate surface area is 120 Å². The number of nitro groups is 1. The third kappa shape index (κ3) is 4.31. The molecule has 5 nitrogen and oxygen atoms in total. The van der Waals surface area contributed by atoms with Gasteiger partial charge in [0, 0.05) is 6.07 Å². The Hall–Kier alpha value is -1.43. The van der Waals surface area contributed by atoms with Crippen molar-refractivity contribution in [2.24, 2.45) is 5.92 Å². The van der Waals surface area contributed by atoms with E-state index in [2.05, 4.69) is 22.9 Å². The summed E-state index contributed by atoms with van der Waals surface area (Å²) < 4.78 is 5.33. The van der Waals surface area contributed by atoms with E-state index >= 15 is 0 Å². The van der Waals surface area contributed by atoms with Gasteiger partial charge in [-0.1, -0.05) is 26.3 Å². The van der Waals surface area contributed by atoms with E-state index in [1.165, 1.54) is 18.2 Å². The lowest BCUT2D eigenvalue weighted by molar-refractivity contribution is -0.385. The van der Waals surface area contributed by atoms with Crippen LogP contribution in [0.25, 0.3) is 0 Å². The second-order valence-electron chi connectivity index (χ2n) is 4.39. The molecular weight excluding hydrogens is 314 g/mol. The average Bonchev–Trinajstić information content (AvgIpc) is 2.36. The predicted molar refractivity (Wildman–Crippen MR) is 75.2 cm³/mol. The van der Waals surface area contributed by atoms with Crippen molar-refractivity contribution in [3.8, 4) is 0 Å². The van der Waals surface area contributed by atoms with Gasteiger partial charge < -0.3 is 4.74 Å². The number of halogens is 1. The molecule has 1 aromatic rings. The quantitative estimate of drug-likeness (QED) is 0.450. The number of benzene rings is 1. The number of nitro benzene ring substituents is 1. The Balaban J connectivity index is 2.78. The van der Waals surface area contributed by atoms with E-state index in [9.17, 15) is 14.9 Å². The summed E-state index contributed by atoms with van der Waals surface area (Å²) in [6.45, 7) is 4.39. The van der Waals surface area contributed by atoms with E-state index < -0.39 is 10.9 Å². The smallest absolute Gasteiger partial charge is 0.339 e. The molecule has 0 saturated carbocycles. The maximum absolute atomic E-state index is 11.9. The number of hydrogen-bond donors (Lipinski definition) is 0. The minimum atomic E-state index is -0.543. The molecule has 0 aliphatic heterocycles. The highest BCUT2D eigenvalue weighted by Gasteiger charge is 2.20. The average molecular weight is 330 g/mol. The van der Waals surface area contributed by atoms with Crippen molar-refractivity contribution in [3.05, 3.63) is 38.3 Å². The Kier molecular flexibility index (Phi) is 5.95. The van der Waals surface area contributed by atoms with E-state index in [1.54, 1.807) is 0 Å². The monoisotopic (exact) mass is 329 g/mol. The molecule has 0 fully saturated rings. The summed E-state index contributed by atoms with van der Waals surface area (Å²) in [4.78, 5) is 22.1. The fraction of sp³-hybridized carbons (Fsp3) is 0.462. The van der Waals surface area contributed by atoms with Gasteiger partial charge in [0.2, 0.25) is 0 Å². The maximum atomic E-state index is 11.9. The van der Waals surface area contributed by atoms with Crippen LogP contribution in [0.4, 0.5) is 5.69 Å². The van der Waals surface area contributed by atoms with Crippen molar-refractivity contribution in [1.29, 1.82) is 0 Å². The molecule has 0 amide bonds. The lowest BCUT2D eigenvalue weighted by atomic mass is 10.1. The summed E-state index contributed by atoms with van der Waals surface area (Å²) >= 11 is 3.08.